The Morgan fingerprint density at radius 2 is 1.75 bits per heavy atom. The summed E-state index contributed by atoms with van der Waals surface area (Å²) in [5.74, 6) is 0.0282. The van der Waals surface area contributed by atoms with Crippen molar-refractivity contribution >= 4 is 5.97 Å². The average molecular weight is 335 g/mol. The molecule has 2 atom stereocenters. The van der Waals surface area contributed by atoms with Crippen molar-refractivity contribution in [2.45, 2.75) is 53.9 Å². The first-order valence-corrected chi connectivity index (χ1v) is 9.35. The van der Waals surface area contributed by atoms with Gasteiger partial charge in [-0.2, -0.15) is 0 Å². The zero-order valence-electron chi connectivity index (χ0n) is 16.7. The minimum absolute atomic E-state index is 0.0774. The quantitative estimate of drug-likeness (QED) is 0.492. The van der Waals surface area contributed by atoms with Crippen LogP contribution in [0.2, 0.25) is 0 Å². The van der Waals surface area contributed by atoms with Crippen LogP contribution in [-0.2, 0) is 9.53 Å². The predicted molar refractivity (Wildman–Crippen MR) is 101 cm³/mol. The number of benzene rings is 1. The summed E-state index contributed by atoms with van der Waals surface area (Å²) in [6, 6.07) is 6.33. The van der Waals surface area contributed by atoms with Crippen LogP contribution < -0.4 is 0 Å². The number of ether oxygens (including phenoxy) is 1. The van der Waals surface area contributed by atoms with Gasteiger partial charge in [0.05, 0.1) is 26.1 Å². The first-order valence-electron chi connectivity index (χ1n) is 9.35. The highest BCUT2D eigenvalue weighted by Gasteiger charge is 2.28. The van der Waals surface area contributed by atoms with E-state index >= 15 is 0 Å². The molecule has 0 aliphatic carbocycles. The molecule has 3 heteroatoms. The van der Waals surface area contributed by atoms with Gasteiger partial charge < -0.3 is 9.22 Å². The molecule has 1 rings (SSSR count). The van der Waals surface area contributed by atoms with Crippen molar-refractivity contribution in [1.82, 2.24) is 0 Å². The van der Waals surface area contributed by atoms with Crippen LogP contribution in [-0.4, -0.2) is 43.7 Å². The number of rotatable bonds is 9. The summed E-state index contributed by atoms with van der Waals surface area (Å²) in [7, 11) is 2.21. The molecule has 0 spiro atoms. The number of aryl methyl sites for hydroxylation is 2. The van der Waals surface area contributed by atoms with Gasteiger partial charge in [-0.05, 0) is 50.3 Å². The van der Waals surface area contributed by atoms with E-state index in [-0.39, 0.29) is 17.8 Å². The molecule has 0 aliphatic rings. The highest BCUT2D eigenvalue weighted by atomic mass is 16.5. The van der Waals surface area contributed by atoms with Crippen LogP contribution in [0.1, 0.15) is 56.7 Å². The summed E-state index contributed by atoms with van der Waals surface area (Å²) in [6.07, 6.45) is 0.963. The number of hydrogen-bond donors (Lipinski definition) is 0. The van der Waals surface area contributed by atoms with Gasteiger partial charge in [0.1, 0.15) is 13.2 Å². The monoisotopic (exact) mass is 334 g/mol. The molecule has 0 fully saturated rings. The zero-order chi connectivity index (χ0) is 18.3. The van der Waals surface area contributed by atoms with E-state index in [2.05, 4.69) is 66.8 Å². The van der Waals surface area contributed by atoms with Crippen LogP contribution in [0.15, 0.2) is 18.2 Å². The van der Waals surface area contributed by atoms with E-state index in [0.29, 0.717) is 6.61 Å². The molecular formula is C21H36NO2+. The van der Waals surface area contributed by atoms with Crippen molar-refractivity contribution in [2.75, 3.05) is 33.3 Å². The van der Waals surface area contributed by atoms with E-state index in [9.17, 15) is 4.79 Å². The molecule has 24 heavy (non-hydrogen) atoms. The highest BCUT2D eigenvalue weighted by molar-refractivity contribution is 5.78. The molecule has 1 aromatic carbocycles. The minimum atomic E-state index is -0.170. The molecule has 0 heterocycles. The van der Waals surface area contributed by atoms with Crippen molar-refractivity contribution in [3.05, 3.63) is 34.9 Å². The predicted octanol–water partition coefficient (Wildman–Crippen LogP) is 4.46. The van der Waals surface area contributed by atoms with Crippen LogP contribution >= 0.6 is 0 Å². The van der Waals surface area contributed by atoms with Crippen molar-refractivity contribution in [3.63, 3.8) is 0 Å². The van der Waals surface area contributed by atoms with Gasteiger partial charge in [0.25, 0.3) is 0 Å². The lowest BCUT2D eigenvalue weighted by Gasteiger charge is -2.32. The van der Waals surface area contributed by atoms with Crippen LogP contribution in [0, 0.1) is 19.8 Å². The van der Waals surface area contributed by atoms with E-state index in [1.165, 1.54) is 11.1 Å². The maximum atomic E-state index is 12.8. The number of carbonyl (C=O) groups is 1. The smallest absolute Gasteiger partial charge is 0.313 e. The van der Waals surface area contributed by atoms with E-state index in [4.69, 9.17) is 4.74 Å². The first-order chi connectivity index (χ1) is 11.3. The Morgan fingerprint density at radius 1 is 1.12 bits per heavy atom. The Morgan fingerprint density at radius 3 is 2.25 bits per heavy atom. The molecule has 0 unspecified atom stereocenters. The normalized spacial score (nSPS) is 14.3. The molecule has 1 aromatic rings. The average Bonchev–Trinajstić information content (AvgIpc) is 2.57. The topological polar surface area (TPSA) is 26.3 Å². The summed E-state index contributed by atoms with van der Waals surface area (Å²) in [5, 5.41) is 0. The largest absolute Gasteiger partial charge is 0.459 e. The summed E-state index contributed by atoms with van der Waals surface area (Å²) < 4.78 is 6.63. The lowest BCUT2D eigenvalue weighted by atomic mass is 9.84. The third kappa shape index (κ3) is 5.34. The van der Waals surface area contributed by atoms with Crippen molar-refractivity contribution in [3.8, 4) is 0 Å². The van der Waals surface area contributed by atoms with Gasteiger partial charge >= 0.3 is 5.97 Å². The highest BCUT2D eigenvalue weighted by Crippen LogP contribution is 2.29. The van der Waals surface area contributed by atoms with Crippen LogP contribution in [0.5, 0.6) is 0 Å². The molecule has 0 aliphatic heterocycles. The number of likely N-dealkylation sites (N-methyl/N-ethyl adjacent to an activating group) is 1. The Balaban J connectivity index is 2.85. The summed E-state index contributed by atoms with van der Waals surface area (Å²) >= 11 is 0. The summed E-state index contributed by atoms with van der Waals surface area (Å²) in [5.41, 5.74) is 3.57. The number of nitrogens with zero attached hydrogens (tertiary/aromatic N) is 1. The maximum Gasteiger partial charge on any atom is 0.313 e. The van der Waals surface area contributed by atoms with Crippen LogP contribution in [0.25, 0.3) is 0 Å². The number of esters is 1. The summed E-state index contributed by atoms with van der Waals surface area (Å²) in [4.78, 5) is 12.8. The SMILES string of the molecule is CC[C@@H](C)[C@H](C(=O)OCC[N+](C)(CC)CC)c1ccc(C)c(C)c1. The second kappa shape index (κ2) is 9.22. The molecule has 0 saturated heterocycles. The van der Waals surface area contributed by atoms with Crippen molar-refractivity contribution < 1.29 is 14.0 Å². The van der Waals surface area contributed by atoms with Gasteiger partial charge in [-0.1, -0.05) is 38.5 Å². The first kappa shape index (κ1) is 20.7. The second-order valence-electron chi connectivity index (χ2n) is 7.35. The lowest BCUT2D eigenvalue weighted by molar-refractivity contribution is -0.906. The van der Waals surface area contributed by atoms with Crippen molar-refractivity contribution in [1.29, 1.82) is 0 Å². The zero-order valence-corrected chi connectivity index (χ0v) is 16.7. The van der Waals surface area contributed by atoms with Gasteiger partial charge in [0.2, 0.25) is 0 Å². The van der Waals surface area contributed by atoms with Crippen LogP contribution in [0.4, 0.5) is 0 Å². The molecular weight excluding hydrogens is 298 g/mol. The fourth-order valence-electron chi connectivity index (χ4n) is 2.89. The maximum absolute atomic E-state index is 12.8. The minimum Gasteiger partial charge on any atom is -0.459 e. The Labute approximate surface area is 148 Å². The van der Waals surface area contributed by atoms with Gasteiger partial charge in [-0.15, -0.1) is 0 Å². The molecule has 0 radical (unpaired) electrons. The molecule has 0 bridgehead atoms. The van der Waals surface area contributed by atoms with Gasteiger partial charge in [0.15, 0.2) is 0 Å². The summed E-state index contributed by atoms with van der Waals surface area (Å²) in [6.45, 7) is 16.3. The third-order valence-electron chi connectivity index (χ3n) is 5.76. The van der Waals surface area contributed by atoms with Gasteiger partial charge in [-0.3, -0.25) is 4.79 Å². The van der Waals surface area contributed by atoms with Crippen molar-refractivity contribution in [2.24, 2.45) is 5.92 Å². The molecule has 3 nitrogen and oxygen atoms in total. The van der Waals surface area contributed by atoms with Gasteiger partial charge in [0, 0.05) is 0 Å². The second-order valence-corrected chi connectivity index (χ2v) is 7.35. The van der Waals surface area contributed by atoms with Gasteiger partial charge in [-0.25, -0.2) is 0 Å². The fraction of sp³-hybridized carbons (Fsp3) is 0.667. The van der Waals surface area contributed by atoms with E-state index in [1.54, 1.807) is 0 Å². The molecule has 0 saturated carbocycles. The molecule has 0 amide bonds. The molecule has 0 aromatic heterocycles. The van der Waals surface area contributed by atoms with E-state index in [1.807, 2.05) is 0 Å². The molecule has 0 N–H and O–H groups in total. The van der Waals surface area contributed by atoms with E-state index < -0.39 is 0 Å². The Kier molecular flexibility index (Phi) is 7.95. The number of quaternary nitrogens is 1. The standard InChI is InChI=1S/C21H36NO2/c1-8-16(4)20(19-12-11-17(5)18(6)15-19)21(23)24-14-13-22(7,9-2)10-3/h11-12,15-16,20H,8-10,13-14H2,1-7H3/q+1/t16-,20+/m1/s1. The van der Waals surface area contributed by atoms with Crippen LogP contribution in [0.3, 0.4) is 0 Å². The lowest BCUT2D eigenvalue weighted by Crippen LogP contribution is -2.46. The molecule has 136 valence electrons. The van der Waals surface area contributed by atoms with E-state index in [0.717, 1.165) is 36.1 Å². The Bertz CT molecular complexity index is 535. The number of hydrogen-bond acceptors (Lipinski definition) is 2. The fourth-order valence-corrected chi connectivity index (χ4v) is 2.89. The number of carbonyl (C=O) groups excluding carboxylic acids is 1. The Hall–Kier alpha value is -1.35. The third-order valence-corrected chi connectivity index (χ3v) is 5.76.